The quantitative estimate of drug-likeness (QED) is 0.840. The Labute approximate surface area is 151 Å². The van der Waals surface area contributed by atoms with Crippen LogP contribution >= 0.6 is 15.9 Å². The van der Waals surface area contributed by atoms with Crippen molar-refractivity contribution in [2.45, 2.75) is 19.8 Å². The average Bonchev–Trinajstić information content (AvgIpc) is 2.55. The molecule has 0 unspecified atom stereocenters. The molecule has 4 nitrogen and oxygen atoms in total. The zero-order chi connectivity index (χ0) is 17.7. The molecule has 2 amide bonds. The minimum Gasteiger partial charge on any atom is -0.345 e. The van der Waals surface area contributed by atoms with E-state index in [1.54, 1.807) is 31.1 Å². The fourth-order valence-electron chi connectivity index (χ4n) is 2.26. The molecule has 0 saturated heterocycles. The zero-order valence-electron chi connectivity index (χ0n) is 14.1. The lowest BCUT2D eigenvalue weighted by Crippen LogP contribution is -2.21. The van der Waals surface area contributed by atoms with Crippen molar-refractivity contribution in [1.82, 2.24) is 4.90 Å². The number of hydrogen-bond acceptors (Lipinski definition) is 2. The van der Waals surface area contributed by atoms with Crippen LogP contribution in [0.2, 0.25) is 0 Å². The van der Waals surface area contributed by atoms with Gasteiger partial charge in [-0.05, 0) is 64.7 Å². The topological polar surface area (TPSA) is 49.4 Å². The van der Waals surface area contributed by atoms with Gasteiger partial charge in [-0.25, -0.2) is 0 Å². The first-order valence-electron chi connectivity index (χ1n) is 7.73. The molecule has 24 heavy (non-hydrogen) atoms. The monoisotopic (exact) mass is 388 g/mol. The first-order chi connectivity index (χ1) is 11.4. The molecule has 1 N–H and O–H groups in total. The van der Waals surface area contributed by atoms with Crippen LogP contribution in [0.4, 0.5) is 5.69 Å². The Kier molecular flexibility index (Phi) is 6.15. The number of halogens is 1. The first kappa shape index (κ1) is 18.2. The minimum absolute atomic E-state index is 0.0245. The molecule has 2 rings (SSSR count). The second-order valence-electron chi connectivity index (χ2n) is 5.93. The van der Waals surface area contributed by atoms with Crippen LogP contribution in [0.15, 0.2) is 46.9 Å². The van der Waals surface area contributed by atoms with Gasteiger partial charge in [-0.15, -0.1) is 0 Å². The van der Waals surface area contributed by atoms with Crippen molar-refractivity contribution < 1.29 is 9.59 Å². The maximum atomic E-state index is 12.1. The Hall–Kier alpha value is -2.14. The summed E-state index contributed by atoms with van der Waals surface area (Å²) in [7, 11) is 3.45. The highest BCUT2D eigenvalue weighted by atomic mass is 79.9. The number of benzene rings is 2. The maximum Gasteiger partial charge on any atom is 0.253 e. The molecule has 0 aliphatic rings. The van der Waals surface area contributed by atoms with E-state index in [1.165, 1.54) is 0 Å². The zero-order valence-corrected chi connectivity index (χ0v) is 15.7. The van der Waals surface area contributed by atoms with Gasteiger partial charge < -0.3 is 10.2 Å². The molecule has 0 bridgehead atoms. The highest BCUT2D eigenvalue weighted by Crippen LogP contribution is 2.23. The van der Waals surface area contributed by atoms with Gasteiger partial charge in [0.25, 0.3) is 5.91 Å². The number of aryl methyl sites for hydroxylation is 2. The van der Waals surface area contributed by atoms with Crippen molar-refractivity contribution in [1.29, 1.82) is 0 Å². The second-order valence-corrected chi connectivity index (χ2v) is 6.78. The van der Waals surface area contributed by atoms with Crippen LogP contribution < -0.4 is 5.32 Å². The molecule has 2 aromatic carbocycles. The van der Waals surface area contributed by atoms with E-state index in [4.69, 9.17) is 0 Å². The lowest BCUT2D eigenvalue weighted by atomic mass is 10.1. The summed E-state index contributed by atoms with van der Waals surface area (Å²) in [5, 5.41) is 2.91. The number of anilines is 1. The summed E-state index contributed by atoms with van der Waals surface area (Å²) in [5.74, 6) is -0.0588. The molecular formula is C19H21BrN2O2. The van der Waals surface area contributed by atoms with Gasteiger partial charge in [-0.2, -0.15) is 0 Å². The van der Waals surface area contributed by atoms with Gasteiger partial charge >= 0.3 is 0 Å². The number of nitrogens with one attached hydrogen (secondary N) is 1. The standard InChI is InChI=1S/C19H21BrN2O2/c1-13-4-10-17(16(20)12-13)21-18(23)11-7-14-5-8-15(9-6-14)19(24)22(2)3/h4-6,8-10,12H,7,11H2,1-3H3,(H,21,23). The van der Waals surface area contributed by atoms with E-state index in [9.17, 15) is 9.59 Å². The molecule has 0 spiro atoms. The summed E-state index contributed by atoms with van der Waals surface area (Å²) >= 11 is 3.45. The van der Waals surface area contributed by atoms with Crippen molar-refractivity contribution >= 4 is 33.4 Å². The molecule has 2 aromatic rings. The van der Waals surface area contributed by atoms with E-state index >= 15 is 0 Å². The van der Waals surface area contributed by atoms with Gasteiger partial charge in [0.2, 0.25) is 5.91 Å². The molecule has 0 heterocycles. The summed E-state index contributed by atoms with van der Waals surface area (Å²) in [6.45, 7) is 2.00. The number of nitrogens with zero attached hydrogens (tertiary/aromatic N) is 1. The van der Waals surface area contributed by atoms with E-state index in [1.807, 2.05) is 37.3 Å². The van der Waals surface area contributed by atoms with E-state index in [0.29, 0.717) is 18.4 Å². The fourth-order valence-corrected chi connectivity index (χ4v) is 2.86. The fraction of sp³-hybridized carbons (Fsp3) is 0.263. The largest absolute Gasteiger partial charge is 0.345 e. The highest BCUT2D eigenvalue weighted by molar-refractivity contribution is 9.10. The third-order valence-electron chi connectivity index (χ3n) is 3.65. The van der Waals surface area contributed by atoms with Gasteiger partial charge in [-0.1, -0.05) is 18.2 Å². The van der Waals surface area contributed by atoms with Gasteiger partial charge in [0.15, 0.2) is 0 Å². The Morgan fingerprint density at radius 3 is 2.33 bits per heavy atom. The normalized spacial score (nSPS) is 10.3. The van der Waals surface area contributed by atoms with Crippen molar-refractivity contribution in [2.24, 2.45) is 0 Å². The number of hydrogen-bond donors (Lipinski definition) is 1. The molecule has 0 aliphatic heterocycles. The molecular weight excluding hydrogens is 368 g/mol. The molecule has 0 aliphatic carbocycles. The Balaban J connectivity index is 1.91. The summed E-state index contributed by atoms with van der Waals surface area (Å²) in [4.78, 5) is 25.5. The first-order valence-corrected chi connectivity index (χ1v) is 8.52. The lowest BCUT2D eigenvalue weighted by Gasteiger charge is -2.11. The summed E-state index contributed by atoms with van der Waals surface area (Å²) < 4.78 is 0.877. The van der Waals surface area contributed by atoms with Gasteiger partial charge in [-0.3, -0.25) is 9.59 Å². The van der Waals surface area contributed by atoms with Crippen LogP contribution in [0.3, 0.4) is 0 Å². The number of rotatable bonds is 5. The Morgan fingerprint density at radius 1 is 1.08 bits per heavy atom. The van der Waals surface area contributed by atoms with Crippen LogP contribution in [0, 0.1) is 6.92 Å². The van der Waals surface area contributed by atoms with Crippen LogP contribution in [0.1, 0.15) is 27.9 Å². The molecule has 5 heteroatoms. The van der Waals surface area contributed by atoms with Crippen molar-refractivity contribution in [3.63, 3.8) is 0 Å². The van der Waals surface area contributed by atoms with Crippen molar-refractivity contribution in [2.75, 3.05) is 19.4 Å². The Bertz CT molecular complexity index is 740. The Morgan fingerprint density at radius 2 is 1.75 bits per heavy atom. The SMILES string of the molecule is Cc1ccc(NC(=O)CCc2ccc(C(=O)N(C)C)cc2)c(Br)c1. The van der Waals surface area contributed by atoms with Gasteiger partial charge in [0.1, 0.15) is 0 Å². The predicted molar refractivity (Wildman–Crippen MR) is 100 cm³/mol. The minimum atomic E-state index is -0.0343. The number of carbonyl (C=O) groups is 2. The molecule has 0 fully saturated rings. The predicted octanol–water partition coefficient (Wildman–Crippen LogP) is 4.03. The lowest BCUT2D eigenvalue weighted by molar-refractivity contribution is -0.116. The van der Waals surface area contributed by atoms with Crippen LogP contribution in [-0.4, -0.2) is 30.8 Å². The van der Waals surface area contributed by atoms with Crippen LogP contribution in [0.25, 0.3) is 0 Å². The summed E-state index contributed by atoms with van der Waals surface area (Å²) in [5.41, 5.74) is 3.59. The van der Waals surface area contributed by atoms with Crippen molar-refractivity contribution in [3.05, 3.63) is 63.6 Å². The smallest absolute Gasteiger partial charge is 0.253 e. The van der Waals surface area contributed by atoms with Crippen molar-refractivity contribution in [3.8, 4) is 0 Å². The summed E-state index contributed by atoms with van der Waals surface area (Å²) in [6, 6.07) is 13.2. The second kappa shape index (κ2) is 8.11. The molecule has 126 valence electrons. The van der Waals surface area contributed by atoms with E-state index in [-0.39, 0.29) is 11.8 Å². The third-order valence-corrected chi connectivity index (χ3v) is 4.30. The highest BCUT2D eigenvalue weighted by Gasteiger charge is 2.09. The van der Waals surface area contributed by atoms with Gasteiger partial charge in [0, 0.05) is 30.6 Å². The van der Waals surface area contributed by atoms with E-state index in [2.05, 4.69) is 21.2 Å². The third kappa shape index (κ3) is 4.93. The average molecular weight is 389 g/mol. The molecule has 0 saturated carbocycles. The van der Waals surface area contributed by atoms with Crippen LogP contribution in [-0.2, 0) is 11.2 Å². The van der Waals surface area contributed by atoms with Gasteiger partial charge in [0.05, 0.1) is 5.69 Å². The molecule has 0 aromatic heterocycles. The maximum absolute atomic E-state index is 12.1. The molecule has 0 atom stereocenters. The van der Waals surface area contributed by atoms with E-state index in [0.717, 1.165) is 21.3 Å². The summed E-state index contributed by atoms with van der Waals surface area (Å²) in [6.07, 6.45) is 1.02. The number of carbonyl (C=O) groups excluding carboxylic acids is 2. The van der Waals surface area contributed by atoms with E-state index < -0.39 is 0 Å². The number of amides is 2. The van der Waals surface area contributed by atoms with Crippen LogP contribution in [0.5, 0.6) is 0 Å². The molecule has 0 radical (unpaired) electrons.